The zero-order chi connectivity index (χ0) is 25.5. The summed E-state index contributed by atoms with van der Waals surface area (Å²) in [7, 11) is -3.96. The number of nitrogens with one attached hydrogen (secondary N) is 2. The quantitative estimate of drug-likeness (QED) is 0.228. The second kappa shape index (κ2) is 9.48. The summed E-state index contributed by atoms with van der Waals surface area (Å²) in [5.41, 5.74) is 1.71. The van der Waals surface area contributed by atoms with Crippen molar-refractivity contribution in [1.82, 2.24) is 0 Å². The van der Waals surface area contributed by atoms with E-state index in [2.05, 4.69) is 41.9 Å². The van der Waals surface area contributed by atoms with Crippen molar-refractivity contribution in [3.63, 3.8) is 0 Å². The van der Waals surface area contributed by atoms with E-state index in [9.17, 15) is 23.1 Å². The summed E-state index contributed by atoms with van der Waals surface area (Å²) >= 11 is 6.44. The number of aryl methyl sites for hydroxylation is 1. The minimum absolute atomic E-state index is 0.0255. The molecule has 35 heavy (non-hydrogen) atoms. The number of carbonyl (C=O) groups is 2. The molecule has 0 aliphatic carbocycles. The highest BCUT2D eigenvalue weighted by Crippen LogP contribution is 2.36. The molecule has 0 saturated carbocycles. The van der Waals surface area contributed by atoms with Crippen LogP contribution in [-0.2, 0) is 14.8 Å². The topological polar surface area (TPSA) is 126 Å². The Balaban J connectivity index is 1.66. The van der Waals surface area contributed by atoms with Gasteiger partial charge in [0.05, 0.1) is 19.4 Å². The molecule has 1 amide bonds. The highest BCUT2D eigenvalue weighted by molar-refractivity contribution is 9.11. The van der Waals surface area contributed by atoms with Gasteiger partial charge in [0.25, 0.3) is 10.0 Å². The number of aromatic hydroxyl groups is 1. The number of hydrogen-bond donors (Lipinski definition) is 3. The van der Waals surface area contributed by atoms with Gasteiger partial charge in [0, 0.05) is 35.3 Å². The number of sulfonamides is 1. The molecule has 11 heteroatoms. The lowest BCUT2D eigenvalue weighted by atomic mass is 10.0. The van der Waals surface area contributed by atoms with E-state index in [0.29, 0.717) is 42.6 Å². The first-order valence-corrected chi connectivity index (χ1v) is 13.2. The van der Waals surface area contributed by atoms with E-state index in [1.54, 1.807) is 19.1 Å². The Labute approximate surface area is 217 Å². The molecule has 0 radical (unpaired) electrons. The van der Waals surface area contributed by atoms with Gasteiger partial charge in [0.2, 0.25) is 5.91 Å². The van der Waals surface area contributed by atoms with Crippen molar-refractivity contribution in [3.05, 3.63) is 80.4 Å². The SMILES string of the molecule is CC(=O)Nc1ccc(NS(=O)(=O)c2ccc3c(C(=O)c4cc(Br)c(O)c(Br)c4)c(C)oc3c2)cc1. The number of carbonyl (C=O) groups excluding carboxylic acids is 2. The number of hydrogen-bond acceptors (Lipinski definition) is 6. The largest absolute Gasteiger partial charge is 0.506 e. The lowest BCUT2D eigenvalue weighted by molar-refractivity contribution is -0.114. The zero-order valence-electron chi connectivity index (χ0n) is 18.3. The number of phenolic OH excluding ortho intramolecular Hbond substituents is 1. The monoisotopic (exact) mass is 620 g/mol. The van der Waals surface area contributed by atoms with Gasteiger partial charge in [-0.2, -0.15) is 0 Å². The van der Waals surface area contributed by atoms with Gasteiger partial charge in [-0.25, -0.2) is 8.42 Å². The third-order valence-electron chi connectivity index (χ3n) is 5.11. The van der Waals surface area contributed by atoms with Crippen LogP contribution in [0.2, 0.25) is 0 Å². The van der Waals surface area contributed by atoms with E-state index in [-0.39, 0.29) is 27.9 Å². The molecule has 3 N–H and O–H groups in total. The summed E-state index contributed by atoms with van der Waals surface area (Å²) in [6, 6.07) is 13.5. The summed E-state index contributed by atoms with van der Waals surface area (Å²) < 4.78 is 34.8. The zero-order valence-corrected chi connectivity index (χ0v) is 22.3. The molecule has 4 rings (SSSR count). The third kappa shape index (κ3) is 5.12. The Kier molecular flexibility index (Phi) is 6.76. The van der Waals surface area contributed by atoms with Crippen LogP contribution in [0.15, 0.2) is 72.9 Å². The Morgan fingerprint density at radius 1 is 0.943 bits per heavy atom. The molecule has 1 heterocycles. The predicted octanol–water partition coefficient (Wildman–Crippen LogP) is 5.96. The highest BCUT2D eigenvalue weighted by Gasteiger charge is 2.23. The number of amides is 1. The fourth-order valence-electron chi connectivity index (χ4n) is 3.53. The second-order valence-electron chi connectivity index (χ2n) is 7.67. The van der Waals surface area contributed by atoms with Gasteiger partial charge in [-0.05, 0) is 87.3 Å². The molecule has 0 aliphatic heterocycles. The molecule has 3 aromatic carbocycles. The number of fused-ring (bicyclic) bond motifs is 1. The molecule has 0 saturated heterocycles. The van der Waals surface area contributed by atoms with E-state index in [4.69, 9.17) is 4.42 Å². The van der Waals surface area contributed by atoms with Crippen LogP contribution in [-0.4, -0.2) is 25.2 Å². The van der Waals surface area contributed by atoms with Crippen LogP contribution in [0.1, 0.15) is 28.6 Å². The van der Waals surface area contributed by atoms with Crippen molar-refractivity contribution in [2.75, 3.05) is 10.0 Å². The maximum atomic E-state index is 13.2. The van der Waals surface area contributed by atoms with Crippen LogP contribution in [0, 0.1) is 6.92 Å². The fraction of sp³-hybridized carbons (Fsp3) is 0.0833. The van der Waals surface area contributed by atoms with Crippen LogP contribution in [0.3, 0.4) is 0 Å². The number of benzene rings is 3. The average Bonchev–Trinajstić information content (AvgIpc) is 3.12. The smallest absolute Gasteiger partial charge is 0.262 e. The normalized spacial score (nSPS) is 11.4. The van der Waals surface area contributed by atoms with Crippen molar-refractivity contribution >= 4 is 75.9 Å². The molecule has 0 spiro atoms. The first-order valence-electron chi connectivity index (χ1n) is 10.1. The van der Waals surface area contributed by atoms with Crippen molar-refractivity contribution in [1.29, 1.82) is 0 Å². The summed E-state index contributed by atoms with van der Waals surface area (Å²) in [5.74, 6) is -0.261. The summed E-state index contributed by atoms with van der Waals surface area (Å²) in [5, 5.41) is 13.0. The summed E-state index contributed by atoms with van der Waals surface area (Å²) in [6.45, 7) is 3.01. The molecular weight excluding hydrogens is 604 g/mol. The second-order valence-corrected chi connectivity index (χ2v) is 11.1. The lowest BCUT2D eigenvalue weighted by Crippen LogP contribution is -2.13. The van der Waals surface area contributed by atoms with Crippen LogP contribution < -0.4 is 10.0 Å². The van der Waals surface area contributed by atoms with Crippen molar-refractivity contribution in [2.45, 2.75) is 18.7 Å². The van der Waals surface area contributed by atoms with Crippen molar-refractivity contribution < 1.29 is 27.5 Å². The minimum atomic E-state index is -3.96. The van der Waals surface area contributed by atoms with E-state index in [0.717, 1.165) is 0 Å². The number of ketones is 1. The predicted molar refractivity (Wildman–Crippen MR) is 139 cm³/mol. The van der Waals surface area contributed by atoms with E-state index >= 15 is 0 Å². The van der Waals surface area contributed by atoms with Crippen LogP contribution in [0.4, 0.5) is 11.4 Å². The van der Waals surface area contributed by atoms with E-state index in [1.807, 2.05) is 0 Å². The van der Waals surface area contributed by atoms with E-state index < -0.39 is 10.0 Å². The molecule has 0 aliphatic rings. The van der Waals surface area contributed by atoms with Gasteiger partial charge in [0.1, 0.15) is 17.1 Å². The van der Waals surface area contributed by atoms with Gasteiger partial charge >= 0.3 is 0 Å². The van der Waals surface area contributed by atoms with Crippen molar-refractivity contribution in [3.8, 4) is 5.75 Å². The number of rotatable bonds is 6. The first-order chi connectivity index (χ1) is 16.5. The molecular formula is C24H18Br2N2O6S. The molecule has 8 nitrogen and oxygen atoms in total. The molecule has 180 valence electrons. The van der Waals surface area contributed by atoms with Crippen LogP contribution in [0.5, 0.6) is 5.75 Å². The number of phenols is 1. The molecule has 1 aromatic heterocycles. The van der Waals surface area contributed by atoms with Crippen LogP contribution >= 0.6 is 31.9 Å². The minimum Gasteiger partial charge on any atom is -0.506 e. The Bertz CT molecular complexity index is 1570. The van der Waals surface area contributed by atoms with Crippen molar-refractivity contribution in [2.24, 2.45) is 0 Å². The summed E-state index contributed by atoms with van der Waals surface area (Å²) in [4.78, 5) is 24.3. The molecule has 0 atom stereocenters. The lowest BCUT2D eigenvalue weighted by Gasteiger charge is -2.09. The first kappa shape index (κ1) is 25.0. The molecule has 0 bridgehead atoms. The van der Waals surface area contributed by atoms with Gasteiger partial charge < -0.3 is 14.8 Å². The fourth-order valence-corrected chi connectivity index (χ4v) is 5.79. The van der Waals surface area contributed by atoms with Gasteiger partial charge in [0.15, 0.2) is 5.78 Å². The number of anilines is 2. The average molecular weight is 622 g/mol. The highest BCUT2D eigenvalue weighted by atomic mass is 79.9. The third-order valence-corrected chi connectivity index (χ3v) is 7.70. The number of halogens is 2. The van der Waals surface area contributed by atoms with Gasteiger partial charge in [-0.15, -0.1) is 0 Å². The molecule has 0 unspecified atom stereocenters. The maximum Gasteiger partial charge on any atom is 0.262 e. The molecule has 4 aromatic rings. The Morgan fingerprint density at radius 2 is 1.54 bits per heavy atom. The van der Waals surface area contributed by atoms with Gasteiger partial charge in [-0.3, -0.25) is 14.3 Å². The maximum absolute atomic E-state index is 13.2. The number of furan rings is 1. The van der Waals surface area contributed by atoms with Crippen LogP contribution in [0.25, 0.3) is 11.0 Å². The molecule has 0 fully saturated rings. The van der Waals surface area contributed by atoms with Gasteiger partial charge in [-0.1, -0.05) is 0 Å². The standard InChI is InChI=1S/C24H18Br2N2O6S/c1-12-22(23(30)14-9-19(25)24(31)20(26)10-14)18-8-7-17(11-21(18)34-12)35(32,33)28-16-5-3-15(4-6-16)27-13(2)29/h3-11,28,31H,1-2H3,(H,27,29). The Morgan fingerprint density at radius 3 is 2.14 bits per heavy atom. The van der Waals surface area contributed by atoms with E-state index in [1.165, 1.54) is 49.4 Å². The Hall–Kier alpha value is -3.15. The summed E-state index contributed by atoms with van der Waals surface area (Å²) in [6.07, 6.45) is 0.